The lowest BCUT2D eigenvalue weighted by Gasteiger charge is -2.38. The van der Waals surface area contributed by atoms with Crippen molar-refractivity contribution in [3.8, 4) is 16.9 Å². The van der Waals surface area contributed by atoms with Gasteiger partial charge in [0, 0.05) is 87.1 Å². The number of ether oxygens (including phenoxy) is 12. The zero-order valence-electron chi connectivity index (χ0n) is 53.0. The number of nitrogens with two attached hydrogens (primary N) is 1. The van der Waals surface area contributed by atoms with E-state index in [-0.39, 0.29) is 100 Å². The Labute approximate surface area is 549 Å². The number of carbonyl (C=O) groups excluding carboxylic acids is 4. The molecule has 95 heavy (non-hydrogen) atoms. The van der Waals surface area contributed by atoms with Crippen molar-refractivity contribution in [2.75, 3.05) is 171 Å². The van der Waals surface area contributed by atoms with Gasteiger partial charge in [-0.1, -0.05) is 19.1 Å². The van der Waals surface area contributed by atoms with Crippen molar-refractivity contribution < 1.29 is 115 Å². The standard InChI is InChI=1S/C61H85F4N7O21S2/c1-2-12-71(13-4-11-68-61(76)92-48-5-3-6-48)60(75)46-34-45-8-7-44(36-50(45)70-51(66)37-46)47-35-49(40-67-39-47)94(77,78)72-41-43(42-72)38-69-52(73)9-14-82-16-18-84-20-22-86-24-26-88-28-30-90-32-33-91-31-29-89-27-25-87-23-21-85-19-17-83-15-10-53(74)93-58-54(62)56(64)59(95(79,80)81)57(65)55(58)63/h7-8,34-36,39-40,43,48H,2-6,9-33,37-38,41-42H2,1H3,(H2,66,70)(H,68,76)(H,69,73)(H,79,80,81). The molecule has 0 radical (unpaired) electrons. The maximum atomic E-state index is 14.0. The lowest BCUT2D eigenvalue weighted by atomic mass is 9.96. The monoisotopic (exact) mass is 1390 g/mol. The highest BCUT2D eigenvalue weighted by Gasteiger charge is 2.38. The molecule has 34 heteroatoms. The third-order valence-electron chi connectivity index (χ3n) is 14.4. The third-order valence-corrected chi connectivity index (χ3v) is 17.0. The predicted octanol–water partition coefficient (Wildman–Crippen LogP) is 4.52. The number of aromatic nitrogens is 1. The number of hydrogen-bond donors (Lipinski definition) is 4. The average molecular weight is 1390 g/mol. The van der Waals surface area contributed by atoms with Crippen LogP contribution in [0.1, 0.15) is 63.9 Å². The summed E-state index contributed by atoms with van der Waals surface area (Å²) in [7, 11) is -9.55. The molecule has 5 N–H and O–H groups in total. The molecule has 1 saturated heterocycles. The molecule has 1 aromatic heterocycles. The zero-order chi connectivity index (χ0) is 68.4. The van der Waals surface area contributed by atoms with Crippen LogP contribution in [0.2, 0.25) is 0 Å². The normalized spacial score (nSPS) is 14.5. The maximum absolute atomic E-state index is 14.0. The number of nitrogens with one attached hydrogen (secondary N) is 2. The molecule has 530 valence electrons. The Morgan fingerprint density at radius 3 is 1.67 bits per heavy atom. The van der Waals surface area contributed by atoms with Crippen LogP contribution >= 0.6 is 0 Å². The van der Waals surface area contributed by atoms with Gasteiger partial charge in [0.15, 0.2) is 16.5 Å². The lowest BCUT2D eigenvalue weighted by Crippen LogP contribution is -2.53. The molecule has 0 bridgehead atoms. The number of aliphatic imine (C=N–C) groups is 1. The number of nitrogens with zero attached hydrogens (tertiary/aromatic N) is 4. The Hall–Kier alpha value is -6.38. The summed E-state index contributed by atoms with van der Waals surface area (Å²) >= 11 is 0. The second kappa shape index (κ2) is 41.7. The van der Waals surface area contributed by atoms with E-state index in [1.165, 1.54) is 10.5 Å². The van der Waals surface area contributed by atoms with E-state index in [0.717, 1.165) is 25.7 Å². The molecule has 2 aromatic carbocycles. The molecule has 28 nitrogen and oxygen atoms in total. The first-order valence-corrected chi connectivity index (χ1v) is 34.1. The highest BCUT2D eigenvalue weighted by atomic mass is 32.2. The van der Waals surface area contributed by atoms with Crippen LogP contribution in [-0.4, -0.2) is 243 Å². The molecule has 6 rings (SSSR count). The SMILES string of the molecule is CCCN(CCCNC(=O)OC1CCC1)C(=O)C1=Cc2ccc(-c3cncc(S(=O)(=O)N4CC(CNC(=O)CCOCCOCCOCCOCCOCCOCCOCCOCCOCCOCCC(=O)Oc5c(F)c(F)c(S(=O)(=O)O)c(F)c5F)C4)c3)cc2N=C(N)C1. The van der Waals surface area contributed by atoms with Crippen LogP contribution in [0.3, 0.4) is 0 Å². The topological polar surface area (TPSA) is 349 Å². The van der Waals surface area contributed by atoms with E-state index in [4.69, 9.17) is 62.4 Å². The van der Waals surface area contributed by atoms with E-state index in [1.54, 1.807) is 29.3 Å². The molecule has 1 saturated carbocycles. The first kappa shape index (κ1) is 77.6. The number of fused-ring (bicyclic) bond motifs is 1. The van der Waals surface area contributed by atoms with Crippen LogP contribution in [0.15, 0.2) is 57.0 Å². The number of alkyl carbamates (subject to hydrolysis) is 1. The van der Waals surface area contributed by atoms with Gasteiger partial charge < -0.3 is 78.1 Å². The Morgan fingerprint density at radius 2 is 1.18 bits per heavy atom. The molecule has 3 aromatic rings. The van der Waals surface area contributed by atoms with Crippen molar-refractivity contribution in [1.82, 2.24) is 24.8 Å². The van der Waals surface area contributed by atoms with Gasteiger partial charge in [-0.15, -0.1) is 0 Å². The summed E-state index contributed by atoms with van der Waals surface area (Å²) in [4.78, 5) is 58.7. The number of benzene rings is 2. The Kier molecular flexibility index (Phi) is 34.0. The van der Waals surface area contributed by atoms with Gasteiger partial charge in [-0.25, -0.2) is 27.0 Å². The van der Waals surface area contributed by atoms with Crippen LogP contribution in [0.4, 0.5) is 28.0 Å². The summed E-state index contributed by atoms with van der Waals surface area (Å²) in [6, 6.07) is 6.99. The van der Waals surface area contributed by atoms with Crippen LogP contribution in [0.5, 0.6) is 5.75 Å². The Morgan fingerprint density at radius 1 is 0.663 bits per heavy atom. The minimum Gasteiger partial charge on any atom is -0.446 e. The van der Waals surface area contributed by atoms with Crippen LogP contribution in [-0.2, 0) is 86.6 Å². The number of amidine groups is 1. The van der Waals surface area contributed by atoms with Gasteiger partial charge in [-0.05, 0) is 55.9 Å². The molecule has 3 amide bonds. The summed E-state index contributed by atoms with van der Waals surface area (Å²) in [5.74, 6) is -12.9. The Balaban J connectivity index is 0.681. The fourth-order valence-corrected chi connectivity index (χ4v) is 11.4. The number of halogens is 4. The van der Waals surface area contributed by atoms with E-state index in [2.05, 4.69) is 25.3 Å². The van der Waals surface area contributed by atoms with Gasteiger partial charge in [0.25, 0.3) is 0 Å². The van der Waals surface area contributed by atoms with Crippen molar-refractivity contribution in [1.29, 1.82) is 0 Å². The number of carbonyl (C=O) groups is 4. The molecular formula is C61H85F4N7O21S2. The minimum atomic E-state index is -5.66. The Bertz CT molecular complexity index is 3210. The number of amides is 3. The molecule has 2 fully saturated rings. The summed E-state index contributed by atoms with van der Waals surface area (Å²) in [5, 5.41) is 5.63. The summed E-state index contributed by atoms with van der Waals surface area (Å²) in [6.07, 6.45) is 8.05. The van der Waals surface area contributed by atoms with E-state index in [9.17, 15) is 53.6 Å². The highest BCUT2D eigenvalue weighted by molar-refractivity contribution is 7.89. The molecule has 0 spiro atoms. The van der Waals surface area contributed by atoms with Crippen LogP contribution in [0.25, 0.3) is 17.2 Å². The second-order valence-electron chi connectivity index (χ2n) is 21.6. The smallest absolute Gasteiger partial charge is 0.407 e. The first-order valence-electron chi connectivity index (χ1n) is 31.2. The third kappa shape index (κ3) is 26.9. The highest BCUT2D eigenvalue weighted by Crippen LogP contribution is 2.35. The maximum Gasteiger partial charge on any atom is 0.407 e. The zero-order valence-corrected chi connectivity index (χ0v) is 54.7. The minimum absolute atomic E-state index is 0.00842. The summed E-state index contributed by atoms with van der Waals surface area (Å²) in [6.45, 7) is 9.48. The van der Waals surface area contributed by atoms with Crippen molar-refractivity contribution in [3.63, 3.8) is 0 Å². The number of pyridine rings is 1. The van der Waals surface area contributed by atoms with E-state index >= 15 is 0 Å². The molecule has 0 unspecified atom stereocenters. The molecule has 0 atom stereocenters. The molecule has 2 aliphatic heterocycles. The van der Waals surface area contributed by atoms with Gasteiger partial charge in [-0.3, -0.25) is 23.9 Å². The quantitative estimate of drug-likeness (QED) is 0.0151. The van der Waals surface area contributed by atoms with Crippen LogP contribution in [0, 0.1) is 29.2 Å². The van der Waals surface area contributed by atoms with E-state index in [1.807, 2.05) is 19.1 Å². The van der Waals surface area contributed by atoms with Crippen molar-refractivity contribution in [2.24, 2.45) is 16.6 Å². The lowest BCUT2D eigenvalue weighted by molar-refractivity contribution is -0.136. The van der Waals surface area contributed by atoms with E-state index < -0.39 is 72.5 Å². The summed E-state index contributed by atoms with van der Waals surface area (Å²) in [5.41, 5.74) is 9.27. The molecule has 3 aliphatic rings. The largest absolute Gasteiger partial charge is 0.446 e. The van der Waals surface area contributed by atoms with E-state index in [0.29, 0.717) is 153 Å². The average Bonchev–Trinajstić information content (AvgIpc) is 1.03. The predicted molar refractivity (Wildman–Crippen MR) is 332 cm³/mol. The molecule has 1 aliphatic carbocycles. The number of esters is 1. The first-order chi connectivity index (χ1) is 45.8. The summed E-state index contributed by atoms with van der Waals surface area (Å²) < 4.78 is 179. The van der Waals surface area contributed by atoms with Gasteiger partial charge >= 0.3 is 22.2 Å². The molecule has 3 heterocycles. The number of rotatable bonds is 48. The van der Waals surface area contributed by atoms with Gasteiger partial charge in [-0.2, -0.15) is 21.5 Å². The number of sulfonamides is 1. The van der Waals surface area contributed by atoms with Gasteiger partial charge in [0.05, 0.1) is 144 Å². The van der Waals surface area contributed by atoms with Crippen molar-refractivity contribution in [2.45, 2.75) is 74.2 Å². The number of hydrogen-bond acceptors (Lipinski definition) is 23. The van der Waals surface area contributed by atoms with Crippen molar-refractivity contribution >= 4 is 61.6 Å². The van der Waals surface area contributed by atoms with Crippen LogP contribution < -0.4 is 21.1 Å². The fourth-order valence-electron chi connectivity index (χ4n) is 9.17. The fraction of sp³-hybridized carbons (Fsp3) is 0.607. The molecular weight excluding hydrogens is 1310 g/mol. The van der Waals surface area contributed by atoms with Gasteiger partial charge in [0.1, 0.15) is 16.8 Å². The second-order valence-corrected chi connectivity index (χ2v) is 24.9. The van der Waals surface area contributed by atoms with Crippen molar-refractivity contribution in [3.05, 3.63) is 71.1 Å². The van der Waals surface area contributed by atoms with Gasteiger partial charge in [0.2, 0.25) is 39.2 Å².